The molecule has 0 bridgehead atoms. The third kappa shape index (κ3) is 3.70. The molecule has 2 saturated heterocycles. The lowest BCUT2D eigenvalue weighted by molar-refractivity contribution is -0.144. The Hall–Kier alpha value is -2.42. The summed E-state index contributed by atoms with van der Waals surface area (Å²) in [5.74, 6) is -0.780. The van der Waals surface area contributed by atoms with Crippen molar-refractivity contribution in [3.05, 3.63) is 30.1 Å². The molecule has 3 aliphatic rings. The van der Waals surface area contributed by atoms with E-state index in [-0.39, 0.29) is 29.4 Å². The van der Waals surface area contributed by atoms with Crippen molar-refractivity contribution >= 4 is 22.6 Å². The summed E-state index contributed by atoms with van der Waals surface area (Å²) in [6.45, 7) is 1.60. The quantitative estimate of drug-likeness (QED) is 0.758. The van der Waals surface area contributed by atoms with Crippen LogP contribution in [0.25, 0.3) is 10.9 Å². The Balaban J connectivity index is 1.45. The number of fused-ring (bicyclic) bond motifs is 1. The van der Waals surface area contributed by atoms with Gasteiger partial charge in [-0.1, -0.05) is 12.1 Å². The maximum absolute atomic E-state index is 13.6. The number of hydrogen-bond acceptors (Lipinski definition) is 5. The zero-order chi connectivity index (χ0) is 22.5. The van der Waals surface area contributed by atoms with Crippen molar-refractivity contribution in [3.63, 3.8) is 0 Å². The first-order valence-corrected chi connectivity index (χ1v) is 11.3. The second-order valence-corrected chi connectivity index (χ2v) is 9.40. The number of carbonyl (C=O) groups excluding carboxylic acids is 1. The van der Waals surface area contributed by atoms with E-state index < -0.39 is 17.4 Å². The molecule has 1 spiro atoms. The number of alkyl halides is 3. The van der Waals surface area contributed by atoms with Crippen LogP contribution in [0.4, 0.5) is 19.0 Å². The number of rotatable bonds is 2. The van der Waals surface area contributed by atoms with E-state index in [0.29, 0.717) is 44.3 Å². The lowest BCUT2D eigenvalue weighted by Crippen LogP contribution is -2.50. The molecule has 172 valence electrons. The maximum atomic E-state index is 13.6. The second-order valence-electron chi connectivity index (χ2n) is 9.40. The molecule has 2 aliphatic heterocycles. The number of para-hydroxylation sites is 1. The summed E-state index contributed by atoms with van der Waals surface area (Å²) in [5.41, 5.74) is -0.330. The molecule has 3 fully saturated rings. The van der Waals surface area contributed by atoms with E-state index in [4.69, 9.17) is 0 Å². The van der Waals surface area contributed by atoms with Gasteiger partial charge >= 0.3 is 6.18 Å². The topological polar surface area (TPSA) is 69.6 Å². The van der Waals surface area contributed by atoms with Gasteiger partial charge in [-0.15, -0.1) is 0 Å². The van der Waals surface area contributed by atoms with Crippen LogP contribution in [0.3, 0.4) is 0 Å². The first-order chi connectivity index (χ1) is 15.3. The lowest BCUT2D eigenvalue weighted by atomic mass is 9.78. The van der Waals surface area contributed by atoms with Gasteiger partial charge in [-0.2, -0.15) is 13.2 Å². The molecule has 5 rings (SSSR count). The Morgan fingerprint density at radius 1 is 1.03 bits per heavy atom. The van der Waals surface area contributed by atoms with Gasteiger partial charge < -0.3 is 14.9 Å². The molecule has 0 radical (unpaired) electrons. The Kier molecular flexibility index (Phi) is 5.27. The Labute approximate surface area is 184 Å². The molecule has 1 amide bonds. The van der Waals surface area contributed by atoms with Crippen molar-refractivity contribution < 1.29 is 23.1 Å². The first kappa shape index (κ1) is 21.4. The van der Waals surface area contributed by atoms with Gasteiger partial charge in [0.2, 0.25) is 11.7 Å². The van der Waals surface area contributed by atoms with E-state index in [1.54, 1.807) is 24.3 Å². The summed E-state index contributed by atoms with van der Waals surface area (Å²) < 4.78 is 40.4. The van der Waals surface area contributed by atoms with Crippen LogP contribution in [-0.4, -0.2) is 57.7 Å². The zero-order valence-electron chi connectivity index (χ0n) is 17.8. The number of halogens is 3. The molecule has 1 aromatic carbocycles. The van der Waals surface area contributed by atoms with E-state index in [9.17, 15) is 23.1 Å². The monoisotopic (exact) mass is 448 g/mol. The van der Waals surface area contributed by atoms with Gasteiger partial charge in [0.25, 0.3) is 0 Å². The van der Waals surface area contributed by atoms with Crippen LogP contribution in [0.1, 0.15) is 50.8 Å². The zero-order valence-corrected chi connectivity index (χ0v) is 17.8. The van der Waals surface area contributed by atoms with Gasteiger partial charge in [-0.25, -0.2) is 9.97 Å². The highest BCUT2D eigenvalue weighted by atomic mass is 19.4. The molecule has 1 aromatic heterocycles. The molecule has 1 N–H and O–H groups in total. The number of aliphatic hydroxyl groups is 1. The minimum atomic E-state index is -4.64. The standard InChI is InChI=1S/C23H27F3N4O2/c24-23(25,26)20-27-18-5-2-1-4-17(18)19(28-20)29-12-3-10-22(14-29)11-13-30(21(22)32)15-6-8-16(31)9-7-15/h1-2,4-5,15-16,31H,3,6-14H2/t15?,16?,22-/m0/s1. The smallest absolute Gasteiger partial charge is 0.393 e. The van der Waals surface area contributed by atoms with E-state index in [2.05, 4.69) is 9.97 Å². The number of anilines is 1. The Morgan fingerprint density at radius 3 is 2.53 bits per heavy atom. The predicted molar refractivity (Wildman–Crippen MR) is 113 cm³/mol. The minimum Gasteiger partial charge on any atom is -0.393 e. The average Bonchev–Trinajstić information content (AvgIpc) is 3.08. The molecular weight excluding hydrogens is 421 g/mol. The normalized spacial score (nSPS) is 29.3. The van der Waals surface area contributed by atoms with Crippen molar-refractivity contribution in [2.75, 3.05) is 24.5 Å². The number of nitrogens with zero attached hydrogens (tertiary/aromatic N) is 4. The predicted octanol–water partition coefficient (Wildman–Crippen LogP) is 3.77. The molecule has 1 atom stereocenters. The van der Waals surface area contributed by atoms with Crippen molar-refractivity contribution in [1.82, 2.24) is 14.9 Å². The number of benzene rings is 1. The van der Waals surface area contributed by atoms with Gasteiger partial charge in [-0.05, 0) is 57.1 Å². The van der Waals surface area contributed by atoms with Crippen LogP contribution in [0, 0.1) is 5.41 Å². The fourth-order valence-corrected chi connectivity index (χ4v) is 5.68. The molecule has 9 heteroatoms. The molecule has 3 heterocycles. The Morgan fingerprint density at radius 2 is 1.78 bits per heavy atom. The highest BCUT2D eigenvalue weighted by Crippen LogP contribution is 2.44. The largest absolute Gasteiger partial charge is 0.451 e. The van der Waals surface area contributed by atoms with Crippen LogP contribution in [0.5, 0.6) is 0 Å². The number of aromatic nitrogens is 2. The number of amides is 1. The molecule has 2 aromatic rings. The van der Waals surface area contributed by atoms with Crippen LogP contribution in [0.2, 0.25) is 0 Å². The second kappa shape index (κ2) is 7.86. The van der Waals surface area contributed by atoms with E-state index in [0.717, 1.165) is 25.7 Å². The number of carbonyl (C=O) groups is 1. The third-order valence-electron chi connectivity index (χ3n) is 7.37. The fourth-order valence-electron chi connectivity index (χ4n) is 5.68. The fraction of sp³-hybridized carbons (Fsp3) is 0.609. The lowest BCUT2D eigenvalue weighted by Gasteiger charge is -2.41. The van der Waals surface area contributed by atoms with Crippen LogP contribution in [0.15, 0.2) is 24.3 Å². The average molecular weight is 448 g/mol. The summed E-state index contributed by atoms with van der Waals surface area (Å²) in [6, 6.07) is 6.88. The first-order valence-electron chi connectivity index (χ1n) is 11.3. The van der Waals surface area contributed by atoms with Crippen molar-refractivity contribution in [3.8, 4) is 0 Å². The van der Waals surface area contributed by atoms with Gasteiger partial charge in [0.1, 0.15) is 5.82 Å². The maximum Gasteiger partial charge on any atom is 0.451 e. The molecular formula is C23H27F3N4O2. The summed E-state index contributed by atoms with van der Waals surface area (Å²) in [4.78, 5) is 25.0. The molecule has 0 unspecified atom stereocenters. The third-order valence-corrected chi connectivity index (χ3v) is 7.37. The Bertz CT molecular complexity index is 1020. The highest BCUT2D eigenvalue weighted by molar-refractivity contribution is 5.91. The van der Waals surface area contributed by atoms with Gasteiger partial charge in [-0.3, -0.25) is 4.79 Å². The summed E-state index contributed by atoms with van der Waals surface area (Å²) in [5, 5.41) is 10.4. The summed E-state index contributed by atoms with van der Waals surface area (Å²) >= 11 is 0. The molecule has 32 heavy (non-hydrogen) atoms. The minimum absolute atomic E-state index is 0.109. The highest BCUT2D eigenvalue weighted by Gasteiger charge is 2.51. The number of piperidine rings is 1. The summed E-state index contributed by atoms with van der Waals surface area (Å²) in [6.07, 6.45) is 0.273. The number of likely N-dealkylation sites (tertiary alicyclic amines) is 1. The number of aliphatic hydroxyl groups excluding tert-OH is 1. The number of hydrogen-bond donors (Lipinski definition) is 1. The molecule has 6 nitrogen and oxygen atoms in total. The van der Waals surface area contributed by atoms with E-state index in [1.807, 2.05) is 9.80 Å². The van der Waals surface area contributed by atoms with Gasteiger partial charge in [0.05, 0.1) is 17.0 Å². The van der Waals surface area contributed by atoms with Crippen molar-refractivity contribution in [1.29, 1.82) is 0 Å². The van der Waals surface area contributed by atoms with Gasteiger partial charge in [0, 0.05) is 31.1 Å². The van der Waals surface area contributed by atoms with Crippen molar-refractivity contribution in [2.24, 2.45) is 5.41 Å². The molecule has 1 aliphatic carbocycles. The van der Waals surface area contributed by atoms with Crippen LogP contribution >= 0.6 is 0 Å². The van der Waals surface area contributed by atoms with Gasteiger partial charge in [0.15, 0.2) is 0 Å². The van der Waals surface area contributed by atoms with Crippen molar-refractivity contribution in [2.45, 2.75) is 63.3 Å². The van der Waals surface area contributed by atoms with Crippen LogP contribution < -0.4 is 4.90 Å². The van der Waals surface area contributed by atoms with E-state index >= 15 is 0 Å². The summed E-state index contributed by atoms with van der Waals surface area (Å²) in [7, 11) is 0. The van der Waals surface area contributed by atoms with Crippen LogP contribution in [-0.2, 0) is 11.0 Å². The SMILES string of the molecule is O=C1N(C2CCC(O)CC2)CC[C@]12CCCN(c1nc(C(F)(F)F)nc3ccccc13)C2. The molecule has 1 saturated carbocycles. The van der Waals surface area contributed by atoms with E-state index in [1.165, 1.54) is 0 Å².